The third-order valence-electron chi connectivity index (χ3n) is 6.40. The van der Waals surface area contributed by atoms with E-state index in [0.29, 0.717) is 6.42 Å². The quantitative estimate of drug-likeness (QED) is 0.454. The minimum absolute atomic E-state index is 0.170. The third kappa shape index (κ3) is 4.61. The molecule has 0 atom stereocenters. The largest absolute Gasteiger partial charge is 0.303 e. The third-order valence-corrected chi connectivity index (χ3v) is 8.40. The number of hydrogen-bond donors (Lipinski definition) is 0. The molecule has 0 radical (unpaired) electrons. The van der Waals surface area contributed by atoms with Gasteiger partial charge in [-0.2, -0.15) is 11.3 Å². The molecular weight excluding hydrogens is 422 g/mol. The van der Waals surface area contributed by atoms with Gasteiger partial charge >= 0.3 is 0 Å². The highest BCUT2D eigenvalue weighted by molar-refractivity contribution is 7.11. The van der Waals surface area contributed by atoms with Gasteiger partial charge in [0.15, 0.2) is 0 Å². The first-order valence-corrected chi connectivity index (χ1v) is 12.9. The van der Waals surface area contributed by atoms with Gasteiger partial charge in [-0.05, 0) is 67.6 Å². The van der Waals surface area contributed by atoms with E-state index in [-0.39, 0.29) is 11.4 Å². The van der Waals surface area contributed by atoms with Crippen molar-refractivity contribution in [2.45, 2.75) is 52.0 Å². The molecule has 31 heavy (non-hydrogen) atoms. The molecule has 1 fully saturated rings. The average Bonchev–Trinajstić information content (AvgIpc) is 3.44. The normalized spacial score (nSPS) is 16.4. The van der Waals surface area contributed by atoms with Crippen LogP contribution in [0.5, 0.6) is 0 Å². The molecular formula is C25H31N3OS2. The summed E-state index contributed by atoms with van der Waals surface area (Å²) < 4.78 is 0. The second kappa shape index (κ2) is 9.63. The molecule has 0 aliphatic carbocycles. The molecule has 0 saturated carbocycles. The molecule has 0 bridgehead atoms. The van der Waals surface area contributed by atoms with E-state index in [4.69, 9.17) is 4.98 Å². The first-order chi connectivity index (χ1) is 15.0. The van der Waals surface area contributed by atoms with Crippen LogP contribution >= 0.6 is 22.7 Å². The highest BCUT2D eigenvalue weighted by Crippen LogP contribution is 2.44. The zero-order valence-electron chi connectivity index (χ0n) is 18.6. The molecule has 3 aromatic rings. The fourth-order valence-corrected chi connectivity index (χ4v) is 6.29. The highest BCUT2D eigenvalue weighted by Gasteiger charge is 2.46. The van der Waals surface area contributed by atoms with E-state index < -0.39 is 0 Å². The SMILES string of the molecule is CCC(=O)N(c1ccccc1)C1(c2nc(C)c(C)s2)CCN(CCc2ccsc2)CC1. The van der Waals surface area contributed by atoms with Crippen LogP contribution in [0.15, 0.2) is 47.2 Å². The van der Waals surface area contributed by atoms with E-state index in [2.05, 4.69) is 52.6 Å². The van der Waals surface area contributed by atoms with E-state index in [0.717, 1.165) is 55.3 Å². The Bertz CT molecular complexity index is 970. The lowest BCUT2D eigenvalue weighted by atomic mass is 9.84. The summed E-state index contributed by atoms with van der Waals surface area (Å²) >= 11 is 3.53. The van der Waals surface area contributed by atoms with Crippen molar-refractivity contribution in [3.05, 3.63) is 68.3 Å². The number of likely N-dealkylation sites (tertiary alicyclic amines) is 1. The van der Waals surface area contributed by atoms with Crippen molar-refractivity contribution in [2.75, 3.05) is 24.5 Å². The number of benzene rings is 1. The average molecular weight is 454 g/mol. The first-order valence-electron chi connectivity index (χ1n) is 11.1. The molecule has 1 saturated heterocycles. The zero-order chi connectivity index (χ0) is 21.8. The number of amides is 1. The van der Waals surface area contributed by atoms with Crippen LogP contribution in [-0.4, -0.2) is 35.4 Å². The highest BCUT2D eigenvalue weighted by atomic mass is 32.1. The van der Waals surface area contributed by atoms with Crippen molar-refractivity contribution in [3.63, 3.8) is 0 Å². The van der Waals surface area contributed by atoms with Gasteiger partial charge in [-0.3, -0.25) is 9.69 Å². The fraction of sp³-hybridized carbons (Fsp3) is 0.440. The lowest BCUT2D eigenvalue weighted by Crippen LogP contribution is -2.56. The summed E-state index contributed by atoms with van der Waals surface area (Å²) in [4.78, 5) is 24.2. The number of rotatable bonds is 7. The monoisotopic (exact) mass is 453 g/mol. The van der Waals surface area contributed by atoms with Crippen LogP contribution in [0.4, 0.5) is 5.69 Å². The number of aryl methyl sites for hydroxylation is 2. The van der Waals surface area contributed by atoms with Crippen molar-refractivity contribution in [3.8, 4) is 0 Å². The Labute approximate surface area is 193 Å². The van der Waals surface area contributed by atoms with Crippen molar-refractivity contribution in [1.29, 1.82) is 0 Å². The van der Waals surface area contributed by atoms with Crippen molar-refractivity contribution < 1.29 is 4.79 Å². The topological polar surface area (TPSA) is 36.4 Å². The summed E-state index contributed by atoms with van der Waals surface area (Å²) in [5.74, 6) is 0.170. The van der Waals surface area contributed by atoms with Gasteiger partial charge in [0, 0.05) is 36.6 Å². The van der Waals surface area contributed by atoms with Gasteiger partial charge in [-0.25, -0.2) is 4.98 Å². The summed E-state index contributed by atoms with van der Waals surface area (Å²) in [6.07, 6.45) is 3.39. The van der Waals surface area contributed by atoms with Crippen LogP contribution < -0.4 is 4.90 Å². The molecule has 1 aromatic carbocycles. The van der Waals surface area contributed by atoms with Crippen LogP contribution in [0.2, 0.25) is 0 Å². The number of thiazole rings is 1. The fourth-order valence-electron chi connectivity index (χ4n) is 4.44. The van der Waals surface area contributed by atoms with E-state index in [9.17, 15) is 4.79 Å². The predicted octanol–water partition coefficient (Wildman–Crippen LogP) is 5.80. The van der Waals surface area contributed by atoms with Gasteiger partial charge in [-0.1, -0.05) is 25.1 Å². The van der Waals surface area contributed by atoms with Crippen LogP contribution in [-0.2, 0) is 16.8 Å². The molecule has 1 aliphatic rings. The molecule has 1 aliphatic heterocycles. The number of para-hydroxylation sites is 1. The lowest BCUT2D eigenvalue weighted by Gasteiger charge is -2.47. The van der Waals surface area contributed by atoms with Crippen molar-refractivity contribution in [1.82, 2.24) is 9.88 Å². The number of carbonyl (C=O) groups is 1. The number of carbonyl (C=O) groups excluding carboxylic acids is 1. The summed E-state index contributed by atoms with van der Waals surface area (Å²) in [6.45, 7) is 9.18. The molecule has 4 nitrogen and oxygen atoms in total. The van der Waals surface area contributed by atoms with Gasteiger partial charge in [0.1, 0.15) is 10.5 Å². The molecule has 3 heterocycles. The Balaban J connectivity index is 1.65. The predicted molar refractivity (Wildman–Crippen MR) is 131 cm³/mol. The lowest BCUT2D eigenvalue weighted by molar-refractivity contribution is -0.120. The summed E-state index contributed by atoms with van der Waals surface area (Å²) in [5, 5.41) is 5.48. The van der Waals surface area contributed by atoms with Crippen molar-refractivity contribution in [2.24, 2.45) is 0 Å². The minimum Gasteiger partial charge on any atom is -0.303 e. The maximum absolute atomic E-state index is 13.3. The minimum atomic E-state index is -0.378. The van der Waals surface area contributed by atoms with Crippen LogP contribution in [0.25, 0.3) is 0 Å². The Morgan fingerprint density at radius 2 is 1.90 bits per heavy atom. The molecule has 4 rings (SSSR count). The first kappa shape index (κ1) is 22.2. The van der Waals surface area contributed by atoms with Gasteiger partial charge in [-0.15, -0.1) is 11.3 Å². The van der Waals surface area contributed by atoms with Crippen molar-refractivity contribution >= 4 is 34.3 Å². The molecule has 0 unspecified atom stereocenters. The number of piperidine rings is 1. The molecule has 2 aromatic heterocycles. The maximum Gasteiger partial charge on any atom is 0.227 e. The van der Waals surface area contributed by atoms with E-state index in [1.54, 1.807) is 22.7 Å². The second-order valence-electron chi connectivity index (χ2n) is 8.33. The molecule has 164 valence electrons. The van der Waals surface area contributed by atoms with Gasteiger partial charge < -0.3 is 4.90 Å². The van der Waals surface area contributed by atoms with Crippen LogP contribution in [0.3, 0.4) is 0 Å². The summed E-state index contributed by atoms with van der Waals surface area (Å²) in [7, 11) is 0. The Morgan fingerprint density at radius 3 is 2.48 bits per heavy atom. The Morgan fingerprint density at radius 1 is 1.16 bits per heavy atom. The number of aromatic nitrogens is 1. The van der Waals surface area contributed by atoms with Crippen LogP contribution in [0, 0.1) is 13.8 Å². The van der Waals surface area contributed by atoms with Gasteiger partial charge in [0.25, 0.3) is 0 Å². The second-order valence-corrected chi connectivity index (χ2v) is 10.3. The standard InChI is InChI=1S/C25H31N3OS2/c1-4-23(29)28(22-8-6-5-7-9-22)25(24-26-19(2)20(3)31-24)12-15-27(16-13-25)14-10-21-11-17-30-18-21/h5-9,11,17-18H,4,10,12-16H2,1-3H3. The number of nitrogens with zero attached hydrogens (tertiary/aromatic N) is 3. The maximum atomic E-state index is 13.3. The summed E-state index contributed by atoms with van der Waals surface area (Å²) in [6, 6.07) is 12.4. The number of thiophene rings is 1. The van der Waals surface area contributed by atoms with Gasteiger partial charge in [0.2, 0.25) is 5.91 Å². The number of anilines is 1. The number of hydrogen-bond acceptors (Lipinski definition) is 5. The van der Waals surface area contributed by atoms with Gasteiger partial charge in [0.05, 0.1) is 5.69 Å². The van der Waals surface area contributed by atoms with E-state index in [1.165, 1.54) is 10.4 Å². The molecule has 1 amide bonds. The zero-order valence-corrected chi connectivity index (χ0v) is 20.3. The molecule has 0 spiro atoms. The Kier molecular flexibility index (Phi) is 6.89. The van der Waals surface area contributed by atoms with E-state index in [1.807, 2.05) is 25.1 Å². The van der Waals surface area contributed by atoms with E-state index >= 15 is 0 Å². The smallest absolute Gasteiger partial charge is 0.227 e. The summed E-state index contributed by atoms with van der Waals surface area (Å²) in [5.41, 5.74) is 3.10. The Hall–Kier alpha value is -2.02. The molecule has 0 N–H and O–H groups in total. The van der Waals surface area contributed by atoms with Crippen LogP contribution in [0.1, 0.15) is 47.3 Å². The molecule has 6 heteroatoms.